The minimum atomic E-state index is -4.06. The van der Waals surface area contributed by atoms with Gasteiger partial charge in [0.05, 0.1) is 23.4 Å². The van der Waals surface area contributed by atoms with Gasteiger partial charge < -0.3 is 14.8 Å². The Balaban J connectivity index is 1.68. The zero-order valence-corrected chi connectivity index (χ0v) is 22.7. The third-order valence-electron chi connectivity index (χ3n) is 5.76. The first-order chi connectivity index (χ1) is 18.2. The Morgan fingerprint density at radius 2 is 1.55 bits per heavy atom. The highest BCUT2D eigenvalue weighted by atomic mass is 35.5. The van der Waals surface area contributed by atoms with Crippen LogP contribution >= 0.6 is 11.6 Å². The van der Waals surface area contributed by atoms with Gasteiger partial charge in [-0.15, -0.1) is 0 Å². The molecule has 7 nitrogen and oxygen atoms in total. The van der Waals surface area contributed by atoms with Gasteiger partial charge in [-0.2, -0.15) is 0 Å². The van der Waals surface area contributed by atoms with Crippen LogP contribution in [0.4, 0.5) is 11.4 Å². The van der Waals surface area contributed by atoms with E-state index in [4.69, 9.17) is 21.1 Å². The molecule has 1 N–H and O–H groups in total. The summed E-state index contributed by atoms with van der Waals surface area (Å²) in [4.78, 5) is 13.4. The van der Waals surface area contributed by atoms with Crippen molar-refractivity contribution in [2.24, 2.45) is 0 Å². The number of anilines is 2. The molecule has 0 radical (unpaired) electrons. The molecular formula is C29H27ClN2O5S. The number of hydrogen-bond donors (Lipinski definition) is 1. The number of ether oxygens (including phenoxy) is 2. The van der Waals surface area contributed by atoms with Gasteiger partial charge in [-0.05, 0) is 73.5 Å². The minimum Gasteiger partial charge on any atom is -0.493 e. The van der Waals surface area contributed by atoms with E-state index in [1.54, 1.807) is 61.5 Å². The molecule has 0 unspecified atom stereocenters. The van der Waals surface area contributed by atoms with Crippen molar-refractivity contribution in [1.29, 1.82) is 0 Å². The van der Waals surface area contributed by atoms with E-state index in [-0.39, 0.29) is 10.6 Å². The lowest BCUT2D eigenvalue weighted by molar-refractivity contribution is -0.114. The molecule has 38 heavy (non-hydrogen) atoms. The second-order valence-corrected chi connectivity index (χ2v) is 10.9. The van der Waals surface area contributed by atoms with E-state index in [1.165, 1.54) is 25.3 Å². The van der Waals surface area contributed by atoms with Crippen molar-refractivity contribution in [1.82, 2.24) is 0 Å². The molecule has 4 aromatic rings. The maximum atomic E-state index is 13.7. The fourth-order valence-electron chi connectivity index (χ4n) is 3.84. The zero-order valence-electron chi connectivity index (χ0n) is 21.1. The molecule has 0 heterocycles. The molecule has 0 fully saturated rings. The number of carbonyl (C=O) groups is 1. The molecule has 4 rings (SSSR count). The summed E-state index contributed by atoms with van der Waals surface area (Å²) in [7, 11) is -2.53. The summed E-state index contributed by atoms with van der Waals surface area (Å²) in [6, 6.07) is 25.4. The van der Waals surface area contributed by atoms with Crippen LogP contribution < -0.4 is 19.1 Å². The second kappa shape index (κ2) is 11.6. The molecule has 196 valence electrons. The summed E-state index contributed by atoms with van der Waals surface area (Å²) in [5.74, 6) is 0.695. The standard InChI is InChI=1S/C29H27ClN2O5S/c1-20-13-14-21(2)25(17-20)32(38(34,35)23-9-5-4-6-10-23)19-29(33)31-24-18-22(30)15-16-26(24)37-28-12-8-7-11-27(28)36-3/h4-18H,19H2,1-3H3,(H,31,33). The number of halogens is 1. The predicted octanol–water partition coefficient (Wildman–Crippen LogP) is 6.59. The van der Waals surface area contributed by atoms with Crippen molar-refractivity contribution in [2.45, 2.75) is 18.7 Å². The molecule has 0 bridgehead atoms. The Hall–Kier alpha value is -4.01. The molecule has 0 spiro atoms. The van der Waals surface area contributed by atoms with Gasteiger partial charge in [-0.1, -0.05) is 54.1 Å². The number of hydrogen-bond acceptors (Lipinski definition) is 5. The van der Waals surface area contributed by atoms with Gasteiger partial charge in [0.15, 0.2) is 17.2 Å². The number of amides is 1. The molecule has 0 saturated carbocycles. The highest BCUT2D eigenvalue weighted by Gasteiger charge is 2.28. The SMILES string of the molecule is COc1ccccc1Oc1ccc(Cl)cc1NC(=O)CN(c1cc(C)ccc1C)S(=O)(=O)c1ccccc1. The van der Waals surface area contributed by atoms with Gasteiger partial charge in [-0.25, -0.2) is 8.42 Å². The molecule has 0 atom stereocenters. The van der Waals surface area contributed by atoms with Gasteiger partial charge in [0.25, 0.3) is 10.0 Å². The zero-order chi connectivity index (χ0) is 27.3. The van der Waals surface area contributed by atoms with Crippen LogP contribution in [0.1, 0.15) is 11.1 Å². The van der Waals surface area contributed by atoms with E-state index in [0.29, 0.717) is 33.5 Å². The normalized spacial score (nSPS) is 11.1. The summed E-state index contributed by atoms with van der Waals surface area (Å²) in [6.07, 6.45) is 0. The Kier molecular flexibility index (Phi) is 8.24. The van der Waals surface area contributed by atoms with Crippen molar-refractivity contribution < 1.29 is 22.7 Å². The maximum Gasteiger partial charge on any atom is 0.264 e. The Morgan fingerprint density at radius 3 is 2.26 bits per heavy atom. The topological polar surface area (TPSA) is 84.9 Å². The highest BCUT2D eigenvalue weighted by Crippen LogP contribution is 2.36. The fourth-order valence-corrected chi connectivity index (χ4v) is 5.51. The molecule has 0 aromatic heterocycles. The monoisotopic (exact) mass is 550 g/mol. The number of methoxy groups -OCH3 is 1. The molecule has 0 aliphatic carbocycles. The summed E-state index contributed by atoms with van der Waals surface area (Å²) in [5, 5.41) is 3.14. The predicted molar refractivity (Wildman–Crippen MR) is 150 cm³/mol. The van der Waals surface area contributed by atoms with Crippen LogP contribution in [0.5, 0.6) is 17.2 Å². The lowest BCUT2D eigenvalue weighted by atomic mass is 10.1. The molecule has 0 aliphatic rings. The van der Waals surface area contributed by atoms with Crippen LogP contribution in [0.3, 0.4) is 0 Å². The summed E-state index contributed by atoms with van der Waals surface area (Å²) in [6.45, 7) is 3.20. The number of benzene rings is 4. The Bertz CT molecular complexity index is 1560. The number of aryl methyl sites for hydroxylation is 2. The van der Waals surface area contributed by atoms with E-state index >= 15 is 0 Å². The molecule has 0 aliphatic heterocycles. The molecule has 4 aromatic carbocycles. The largest absolute Gasteiger partial charge is 0.493 e. The average Bonchev–Trinajstić information content (AvgIpc) is 2.91. The van der Waals surface area contributed by atoms with Crippen LogP contribution in [0, 0.1) is 13.8 Å². The third kappa shape index (κ3) is 6.10. The van der Waals surface area contributed by atoms with Crippen LogP contribution in [-0.2, 0) is 14.8 Å². The number of para-hydroxylation sites is 2. The summed E-state index contributed by atoms with van der Waals surface area (Å²) >= 11 is 6.22. The Labute approximate surface area is 227 Å². The molecule has 9 heteroatoms. The van der Waals surface area contributed by atoms with Crippen molar-refractivity contribution in [3.8, 4) is 17.2 Å². The van der Waals surface area contributed by atoms with Crippen LogP contribution in [0.2, 0.25) is 5.02 Å². The first-order valence-electron chi connectivity index (χ1n) is 11.7. The minimum absolute atomic E-state index is 0.0802. The van der Waals surface area contributed by atoms with Gasteiger partial charge >= 0.3 is 0 Å². The van der Waals surface area contributed by atoms with Gasteiger partial charge in [0, 0.05) is 5.02 Å². The lowest BCUT2D eigenvalue weighted by Crippen LogP contribution is -2.38. The quantitative estimate of drug-likeness (QED) is 0.254. The van der Waals surface area contributed by atoms with Crippen molar-refractivity contribution >= 4 is 38.9 Å². The first kappa shape index (κ1) is 27.0. The van der Waals surface area contributed by atoms with Crippen LogP contribution in [0.25, 0.3) is 0 Å². The smallest absolute Gasteiger partial charge is 0.264 e. The van der Waals surface area contributed by atoms with E-state index < -0.39 is 22.5 Å². The van der Waals surface area contributed by atoms with E-state index in [1.807, 2.05) is 25.1 Å². The van der Waals surface area contributed by atoms with Crippen LogP contribution in [-0.4, -0.2) is 28.0 Å². The number of sulfonamides is 1. The first-order valence-corrected chi connectivity index (χ1v) is 13.6. The van der Waals surface area contributed by atoms with E-state index in [2.05, 4.69) is 5.32 Å². The average molecular weight is 551 g/mol. The van der Waals surface area contributed by atoms with Crippen molar-refractivity contribution in [2.75, 3.05) is 23.3 Å². The number of rotatable bonds is 9. The molecule has 0 saturated heterocycles. The number of carbonyl (C=O) groups excluding carboxylic acids is 1. The van der Waals surface area contributed by atoms with E-state index in [0.717, 1.165) is 9.87 Å². The van der Waals surface area contributed by atoms with Crippen LogP contribution in [0.15, 0.2) is 95.9 Å². The van der Waals surface area contributed by atoms with Crippen molar-refractivity contribution in [3.05, 3.63) is 107 Å². The molecule has 1 amide bonds. The lowest BCUT2D eigenvalue weighted by Gasteiger charge is -2.26. The van der Waals surface area contributed by atoms with E-state index in [9.17, 15) is 13.2 Å². The maximum absolute atomic E-state index is 13.7. The highest BCUT2D eigenvalue weighted by molar-refractivity contribution is 7.92. The second-order valence-electron chi connectivity index (χ2n) is 8.56. The summed E-state index contributed by atoms with van der Waals surface area (Å²) < 4.78 is 39.9. The van der Waals surface area contributed by atoms with Gasteiger partial charge in [0.2, 0.25) is 5.91 Å². The fraction of sp³-hybridized carbons (Fsp3) is 0.138. The Morgan fingerprint density at radius 1 is 0.868 bits per heavy atom. The summed E-state index contributed by atoms with van der Waals surface area (Å²) in [5.41, 5.74) is 2.28. The molecular weight excluding hydrogens is 524 g/mol. The third-order valence-corrected chi connectivity index (χ3v) is 7.77. The number of nitrogens with one attached hydrogen (secondary N) is 1. The van der Waals surface area contributed by atoms with Gasteiger partial charge in [0.1, 0.15) is 6.54 Å². The van der Waals surface area contributed by atoms with Gasteiger partial charge in [-0.3, -0.25) is 9.10 Å². The van der Waals surface area contributed by atoms with Crippen molar-refractivity contribution in [3.63, 3.8) is 0 Å². The number of nitrogens with zero attached hydrogens (tertiary/aromatic N) is 1.